The predicted molar refractivity (Wildman–Crippen MR) is 338 cm³/mol. The number of nitrogens with two attached hydrogens (primary N) is 1. The van der Waals surface area contributed by atoms with Gasteiger partial charge in [-0.1, -0.05) is 137 Å². The molecule has 0 aromatic heterocycles. The fourth-order valence-electron chi connectivity index (χ4n) is 11.4. The summed E-state index contributed by atoms with van der Waals surface area (Å²) in [5.74, 6) is -4.80. The number of carbonyl (C=O) groups excluding carboxylic acids is 9. The summed E-state index contributed by atoms with van der Waals surface area (Å²) in [6.07, 6.45) is 3.03. The van der Waals surface area contributed by atoms with Crippen LogP contribution in [0.2, 0.25) is 0 Å². The number of likely N-dealkylation sites (N-methyl/N-ethyl adjacent to an activating group) is 2. The topological polar surface area (TPSA) is 309 Å². The van der Waals surface area contributed by atoms with Crippen LogP contribution in [-0.2, 0) is 54.4 Å². The first kappa shape index (κ1) is 75.4. The Morgan fingerprint density at radius 2 is 1.36 bits per heavy atom. The lowest BCUT2D eigenvalue weighted by atomic mass is 9.89. The van der Waals surface area contributed by atoms with Crippen LogP contribution in [0.1, 0.15) is 164 Å². The van der Waals surface area contributed by atoms with Crippen molar-refractivity contribution in [1.29, 1.82) is 0 Å². The standard InChI is InChI=1S/C65H106N10O13/c1-16-18-19-23-30-51(76)71-53(39(3)4)61(81)70-48(28-24-35-67-64(66)84)60(80)69-47-33-31-45(32-34-47)38-88-65(85)74(13)55(41(7)8)62(82)72-54(40(5)6)63(83)73(12)56(42(9)17-2)50(86-14)37-52(77)75-36-25-29-49(75)58(87-15)43(10)59(79)68-44(11)57(78)46-26-21-20-22-27-46/h20-22,26-27,31-34,39-44,48-50,53-58,78H,16-19,23-25,28-30,35-38H2,1-15H3,(H,68,79)(H,69,80)(H,70,81)(H,71,76)(H,72,82)(H3,66,67,84)/t42-,43+,44+,48-,49-,50+,53-,54-,55-,56-,57+,58+/m0/s1. The normalized spacial score (nSPS) is 17.0. The molecule has 1 aliphatic rings. The Bertz CT molecular complexity index is 2540. The lowest BCUT2D eigenvalue weighted by molar-refractivity contribution is -0.148. The number of likely N-dealkylation sites (tertiary alicyclic amines) is 1. The molecule has 2 aromatic carbocycles. The van der Waals surface area contributed by atoms with Crippen LogP contribution in [0.3, 0.4) is 0 Å². The molecule has 88 heavy (non-hydrogen) atoms. The molecule has 10 amide bonds. The first-order valence-electron chi connectivity index (χ1n) is 31.5. The summed E-state index contributed by atoms with van der Waals surface area (Å²) in [5.41, 5.74) is 6.84. The van der Waals surface area contributed by atoms with Crippen LogP contribution in [0, 0.1) is 29.6 Å². The van der Waals surface area contributed by atoms with Crippen molar-refractivity contribution in [3.8, 4) is 0 Å². The average Bonchev–Trinajstić information content (AvgIpc) is 2.88. The first-order valence-corrected chi connectivity index (χ1v) is 31.5. The van der Waals surface area contributed by atoms with Gasteiger partial charge < -0.3 is 66.8 Å². The number of ether oxygens (including phenoxy) is 3. The van der Waals surface area contributed by atoms with Gasteiger partial charge in [-0.3, -0.25) is 38.5 Å². The van der Waals surface area contributed by atoms with Crippen molar-refractivity contribution in [1.82, 2.24) is 41.3 Å². The largest absolute Gasteiger partial charge is 0.445 e. The molecule has 0 spiro atoms. The Hall–Kier alpha value is -6.85. The molecular weight excluding hydrogens is 1130 g/mol. The second kappa shape index (κ2) is 37.9. The molecule has 12 atom stereocenters. The fraction of sp³-hybridized carbons (Fsp3) is 0.677. The number of aliphatic hydroxyl groups excluding tert-OH is 1. The predicted octanol–water partition coefficient (Wildman–Crippen LogP) is 6.56. The Kier molecular flexibility index (Phi) is 32.4. The molecule has 0 aliphatic carbocycles. The van der Waals surface area contributed by atoms with E-state index in [2.05, 4.69) is 38.8 Å². The van der Waals surface area contributed by atoms with Gasteiger partial charge in [-0.2, -0.15) is 0 Å². The van der Waals surface area contributed by atoms with Crippen LogP contribution in [0.25, 0.3) is 0 Å². The van der Waals surface area contributed by atoms with Gasteiger partial charge in [0, 0.05) is 53.5 Å². The van der Waals surface area contributed by atoms with Gasteiger partial charge >= 0.3 is 12.1 Å². The van der Waals surface area contributed by atoms with Crippen molar-refractivity contribution in [3.05, 3.63) is 65.7 Å². The number of nitrogens with one attached hydrogen (secondary N) is 6. The Morgan fingerprint density at radius 3 is 1.93 bits per heavy atom. The van der Waals surface area contributed by atoms with Gasteiger partial charge in [0.05, 0.1) is 48.8 Å². The van der Waals surface area contributed by atoms with Crippen LogP contribution in [0.5, 0.6) is 0 Å². The van der Waals surface area contributed by atoms with E-state index in [9.17, 15) is 48.3 Å². The quantitative estimate of drug-likeness (QED) is 0.0333. The molecule has 0 radical (unpaired) electrons. The number of nitrogens with zero attached hydrogens (tertiary/aromatic N) is 3. The monoisotopic (exact) mass is 1230 g/mol. The third kappa shape index (κ3) is 22.9. The third-order valence-electron chi connectivity index (χ3n) is 16.8. The molecule has 3 rings (SSSR count). The first-order chi connectivity index (χ1) is 41.6. The van der Waals surface area contributed by atoms with Gasteiger partial charge in [0.25, 0.3) is 0 Å². The number of methoxy groups -OCH3 is 2. The number of benzene rings is 2. The number of hydrogen-bond donors (Lipinski definition) is 8. The third-order valence-corrected chi connectivity index (χ3v) is 16.8. The second-order valence-corrected chi connectivity index (χ2v) is 24.6. The van der Waals surface area contributed by atoms with Crippen molar-refractivity contribution in [2.75, 3.05) is 46.7 Å². The molecule has 23 nitrogen and oxygen atoms in total. The Balaban J connectivity index is 1.70. The van der Waals surface area contributed by atoms with E-state index in [0.717, 1.165) is 19.3 Å². The highest BCUT2D eigenvalue weighted by Crippen LogP contribution is 2.30. The molecule has 0 unspecified atom stereocenters. The molecule has 0 saturated carbocycles. The van der Waals surface area contributed by atoms with Crippen molar-refractivity contribution in [3.63, 3.8) is 0 Å². The number of urea groups is 1. The molecule has 1 saturated heterocycles. The molecule has 1 aliphatic heterocycles. The lowest BCUT2D eigenvalue weighted by Gasteiger charge is -2.41. The molecule has 1 heterocycles. The van der Waals surface area contributed by atoms with Gasteiger partial charge in [-0.05, 0) is 86.0 Å². The Morgan fingerprint density at radius 1 is 0.716 bits per heavy atom. The number of amides is 10. The van der Waals surface area contributed by atoms with Crippen LogP contribution in [0.15, 0.2) is 54.6 Å². The van der Waals surface area contributed by atoms with Crippen molar-refractivity contribution in [2.45, 2.75) is 214 Å². The highest BCUT2D eigenvalue weighted by atomic mass is 16.6. The summed E-state index contributed by atoms with van der Waals surface area (Å²) in [5, 5.41) is 27.8. The van der Waals surface area contributed by atoms with E-state index in [1.165, 1.54) is 26.2 Å². The van der Waals surface area contributed by atoms with E-state index in [1.807, 2.05) is 45.9 Å². The van der Waals surface area contributed by atoms with E-state index in [0.29, 0.717) is 55.5 Å². The van der Waals surface area contributed by atoms with Crippen LogP contribution < -0.4 is 37.6 Å². The molecule has 0 bridgehead atoms. The van der Waals surface area contributed by atoms with Crippen LogP contribution in [0.4, 0.5) is 15.3 Å². The van der Waals surface area contributed by atoms with Crippen molar-refractivity contribution < 1.29 is 62.5 Å². The number of unbranched alkanes of at least 4 members (excludes halogenated alkanes) is 3. The zero-order valence-electron chi connectivity index (χ0n) is 55.0. The highest BCUT2D eigenvalue weighted by molar-refractivity contribution is 5.98. The number of hydrogen-bond acceptors (Lipinski definition) is 13. The van der Waals surface area contributed by atoms with E-state index in [1.54, 1.807) is 94.8 Å². The molecule has 23 heteroatoms. The van der Waals surface area contributed by atoms with Crippen LogP contribution in [-0.4, -0.2) is 169 Å². The fourth-order valence-corrected chi connectivity index (χ4v) is 11.4. The number of aliphatic hydroxyl groups is 1. The smallest absolute Gasteiger partial charge is 0.410 e. The number of primary amides is 1. The maximum atomic E-state index is 14.8. The van der Waals surface area contributed by atoms with Crippen LogP contribution >= 0.6 is 0 Å². The zero-order valence-corrected chi connectivity index (χ0v) is 55.0. The molecule has 494 valence electrons. The van der Waals surface area contributed by atoms with Crippen molar-refractivity contribution in [2.24, 2.45) is 35.3 Å². The minimum atomic E-state index is -1.07. The maximum Gasteiger partial charge on any atom is 0.410 e. The summed E-state index contributed by atoms with van der Waals surface area (Å²) in [6, 6.07) is 9.15. The minimum absolute atomic E-state index is 0.0811. The summed E-state index contributed by atoms with van der Waals surface area (Å²) < 4.78 is 17.7. The molecule has 9 N–H and O–H groups in total. The summed E-state index contributed by atoms with van der Waals surface area (Å²) in [6.45, 7) is 20.7. The molecule has 2 aromatic rings. The number of rotatable bonds is 37. The van der Waals surface area contributed by atoms with E-state index in [4.69, 9.17) is 19.9 Å². The second-order valence-electron chi connectivity index (χ2n) is 24.6. The SMILES string of the molecule is CCCCCCC(=O)N[C@H](C(=O)N[C@@H](CCCNC(N)=O)C(=O)Nc1ccc(COC(=O)N(C)[C@H](C(=O)N[C@H](C(=O)N(C)[C@@H]([C@@H](C)CC)[C@@H](CC(=O)N2CCC[C@H]2[C@H](OC)[C@@H](C)C(=O)N[C@H](C)[C@@H](O)c2ccccc2)OC)C(C)C)C(C)C)cc1)C(C)C. The molecular formula is C65H106N10O13. The summed E-state index contributed by atoms with van der Waals surface area (Å²) in [4.78, 5) is 127. The van der Waals surface area contributed by atoms with Gasteiger partial charge in [0.2, 0.25) is 41.4 Å². The van der Waals surface area contributed by atoms with Gasteiger partial charge in [-0.15, -0.1) is 0 Å². The Labute approximate surface area is 522 Å². The number of carbonyl (C=O) groups is 9. The summed E-state index contributed by atoms with van der Waals surface area (Å²) >= 11 is 0. The minimum Gasteiger partial charge on any atom is -0.445 e. The van der Waals surface area contributed by atoms with Gasteiger partial charge in [0.15, 0.2) is 0 Å². The lowest BCUT2D eigenvalue weighted by Crippen LogP contribution is -2.60. The number of anilines is 1. The van der Waals surface area contributed by atoms with Crippen molar-refractivity contribution >= 4 is 59.2 Å². The van der Waals surface area contributed by atoms with E-state index < -0.39 is 114 Å². The van der Waals surface area contributed by atoms with Gasteiger partial charge in [0.1, 0.15) is 30.8 Å². The average molecular weight is 1240 g/mol. The molecule has 1 fully saturated rings. The van der Waals surface area contributed by atoms with E-state index >= 15 is 0 Å². The zero-order chi connectivity index (χ0) is 65.9. The van der Waals surface area contributed by atoms with E-state index in [-0.39, 0.29) is 62.0 Å². The maximum absolute atomic E-state index is 14.8. The highest BCUT2D eigenvalue weighted by Gasteiger charge is 2.44. The summed E-state index contributed by atoms with van der Waals surface area (Å²) in [7, 11) is 6.12. The van der Waals surface area contributed by atoms with Gasteiger partial charge in [-0.25, -0.2) is 9.59 Å².